The van der Waals surface area contributed by atoms with Crippen molar-refractivity contribution >= 4 is 45.3 Å². The van der Waals surface area contributed by atoms with Crippen LogP contribution in [0.2, 0.25) is 0 Å². The standard InChI is InChI=1S/C20H18N2O3S2/c1-12-16(13-6-4-3-5-7-13)17(19(24)25-2)18(27-12)22-20(26)21-14-8-10-15(23)11-9-14/h3-11,23H,1-2H3,(H2,21,22,26). The Morgan fingerprint density at radius 2 is 1.74 bits per heavy atom. The summed E-state index contributed by atoms with van der Waals surface area (Å²) >= 11 is 6.81. The van der Waals surface area contributed by atoms with Crippen molar-refractivity contribution in [1.82, 2.24) is 0 Å². The van der Waals surface area contributed by atoms with E-state index in [0.29, 0.717) is 15.7 Å². The second-order valence-electron chi connectivity index (χ2n) is 5.72. The monoisotopic (exact) mass is 398 g/mol. The molecule has 0 saturated carbocycles. The Kier molecular flexibility index (Phi) is 5.73. The molecule has 0 aliphatic rings. The number of nitrogens with one attached hydrogen (secondary N) is 2. The van der Waals surface area contributed by atoms with Crippen LogP contribution >= 0.6 is 23.6 Å². The van der Waals surface area contributed by atoms with Gasteiger partial charge in [-0.2, -0.15) is 0 Å². The van der Waals surface area contributed by atoms with Gasteiger partial charge in [0.05, 0.1) is 7.11 Å². The van der Waals surface area contributed by atoms with Crippen LogP contribution in [0.1, 0.15) is 15.2 Å². The van der Waals surface area contributed by atoms with Gasteiger partial charge in [-0.25, -0.2) is 4.79 Å². The van der Waals surface area contributed by atoms with Gasteiger partial charge in [-0.3, -0.25) is 0 Å². The Labute approximate surface area is 166 Å². The van der Waals surface area contributed by atoms with Crippen LogP contribution in [0.3, 0.4) is 0 Å². The Bertz CT molecular complexity index is 967. The van der Waals surface area contributed by atoms with Gasteiger partial charge in [0.15, 0.2) is 5.11 Å². The van der Waals surface area contributed by atoms with E-state index in [1.54, 1.807) is 24.3 Å². The fraction of sp³-hybridized carbons (Fsp3) is 0.100. The number of anilines is 2. The van der Waals surface area contributed by atoms with Crippen LogP contribution in [-0.2, 0) is 4.74 Å². The Morgan fingerprint density at radius 3 is 2.37 bits per heavy atom. The van der Waals surface area contributed by atoms with Crippen molar-refractivity contribution in [3.8, 4) is 16.9 Å². The first kappa shape index (κ1) is 18.9. The molecule has 0 unspecified atom stereocenters. The SMILES string of the molecule is COC(=O)c1c(NC(=S)Nc2ccc(O)cc2)sc(C)c1-c1ccccc1. The maximum absolute atomic E-state index is 12.5. The summed E-state index contributed by atoms with van der Waals surface area (Å²) in [7, 11) is 1.36. The molecule has 0 saturated heterocycles. The van der Waals surface area contributed by atoms with Gasteiger partial charge in [0.2, 0.25) is 0 Å². The number of esters is 1. The van der Waals surface area contributed by atoms with Crippen LogP contribution in [0.5, 0.6) is 5.75 Å². The summed E-state index contributed by atoms with van der Waals surface area (Å²) in [5.41, 5.74) is 2.96. The van der Waals surface area contributed by atoms with Gasteiger partial charge >= 0.3 is 5.97 Å². The van der Waals surface area contributed by atoms with Crippen molar-refractivity contribution in [3.05, 3.63) is 65.0 Å². The lowest BCUT2D eigenvalue weighted by Gasteiger charge is -2.11. The summed E-state index contributed by atoms with van der Waals surface area (Å²) in [5.74, 6) is -0.248. The van der Waals surface area contributed by atoms with E-state index < -0.39 is 5.97 Å². The molecule has 0 aliphatic carbocycles. The maximum Gasteiger partial charge on any atom is 0.341 e. The van der Waals surface area contributed by atoms with Crippen LogP contribution < -0.4 is 10.6 Å². The quantitative estimate of drug-likeness (QED) is 0.325. The number of thiophene rings is 1. The normalized spacial score (nSPS) is 10.3. The number of carbonyl (C=O) groups is 1. The largest absolute Gasteiger partial charge is 0.508 e. The number of carbonyl (C=O) groups excluding carboxylic acids is 1. The van der Waals surface area contributed by atoms with Gasteiger partial charge in [0.25, 0.3) is 0 Å². The van der Waals surface area contributed by atoms with Gasteiger partial charge in [-0.15, -0.1) is 11.3 Å². The number of aromatic hydroxyl groups is 1. The molecule has 3 aromatic rings. The molecule has 5 nitrogen and oxygen atoms in total. The fourth-order valence-electron chi connectivity index (χ4n) is 2.69. The van der Waals surface area contributed by atoms with Crippen LogP contribution in [0, 0.1) is 6.92 Å². The Balaban J connectivity index is 1.92. The molecule has 0 spiro atoms. The lowest BCUT2D eigenvalue weighted by molar-refractivity contribution is 0.0603. The number of hydrogen-bond donors (Lipinski definition) is 3. The fourth-order valence-corrected chi connectivity index (χ4v) is 4.05. The molecule has 138 valence electrons. The number of hydrogen-bond acceptors (Lipinski definition) is 5. The Hall–Kier alpha value is -2.90. The number of rotatable bonds is 4. The molecule has 0 atom stereocenters. The molecule has 2 aromatic carbocycles. The van der Waals surface area contributed by atoms with Crippen molar-refractivity contribution in [2.24, 2.45) is 0 Å². The number of ether oxygens (including phenoxy) is 1. The predicted octanol–water partition coefficient (Wildman–Crippen LogP) is 5.02. The first-order valence-electron chi connectivity index (χ1n) is 8.13. The third-order valence-electron chi connectivity index (χ3n) is 3.89. The second-order valence-corrected chi connectivity index (χ2v) is 7.35. The zero-order valence-corrected chi connectivity index (χ0v) is 16.4. The molecular weight excluding hydrogens is 380 g/mol. The molecule has 0 bridgehead atoms. The van der Waals surface area contributed by atoms with Crippen molar-refractivity contribution in [1.29, 1.82) is 0 Å². The average molecular weight is 399 g/mol. The van der Waals surface area contributed by atoms with Crippen LogP contribution in [-0.4, -0.2) is 23.3 Å². The molecule has 1 aromatic heterocycles. The highest BCUT2D eigenvalue weighted by molar-refractivity contribution is 7.80. The summed E-state index contributed by atoms with van der Waals surface area (Å²) in [4.78, 5) is 13.5. The summed E-state index contributed by atoms with van der Waals surface area (Å²) in [5, 5.41) is 16.5. The highest BCUT2D eigenvalue weighted by atomic mass is 32.1. The van der Waals surface area contributed by atoms with Gasteiger partial charge in [-0.05, 0) is 49.0 Å². The van der Waals surface area contributed by atoms with Gasteiger partial charge in [-0.1, -0.05) is 30.3 Å². The van der Waals surface area contributed by atoms with Gasteiger partial charge in [0.1, 0.15) is 16.3 Å². The van der Waals surface area contributed by atoms with E-state index in [2.05, 4.69) is 10.6 Å². The topological polar surface area (TPSA) is 70.6 Å². The van der Waals surface area contributed by atoms with E-state index in [9.17, 15) is 9.90 Å². The zero-order chi connectivity index (χ0) is 19.4. The average Bonchev–Trinajstić information content (AvgIpc) is 2.99. The van der Waals surface area contributed by atoms with Crippen molar-refractivity contribution in [2.45, 2.75) is 6.92 Å². The van der Waals surface area contributed by atoms with E-state index in [0.717, 1.165) is 21.7 Å². The predicted molar refractivity (Wildman–Crippen MR) is 114 cm³/mol. The summed E-state index contributed by atoms with van der Waals surface area (Å²) in [6.07, 6.45) is 0. The van der Waals surface area contributed by atoms with Crippen molar-refractivity contribution in [3.63, 3.8) is 0 Å². The molecule has 0 fully saturated rings. The lowest BCUT2D eigenvalue weighted by atomic mass is 10.0. The third kappa shape index (κ3) is 4.27. The number of phenolic OH excluding ortho intramolecular Hbond substituents is 1. The molecule has 0 amide bonds. The molecule has 0 radical (unpaired) electrons. The van der Waals surface area contributed by atoms with Gasteiger partial charge < -0.3 is 20.5 Å². The highest BCUT2D eigenvalue weighted by Crippen LogP contribution is 2.40. The highest BCUT2D eigenvalue weighted by Gasteiger charge is 2.24. The maximum atomic E-state index is 12.5. The summed E-state index contributed by atoms with van der Waals surface area (Å²) in [6, 6.07) is 16.2. The lowest BCUT2D eigenvalue weighted by Crippen LogP contribution is -2.20. The van der Waals surface area contributed by atoms with Crippen LogP contribution in [0.4, 0.5) is 10.7 Å². The minimum absolute atomic E-state index is 0.175. The number of thiocarbonyl (C=S) groups is 1. The number of phenols is 1. The van der Waals surface area contributed by atoms with Crippen LogP contribution in [0.15, 0.2) is 54.6 Å². The van der Waals surface area contributed by atoms with E-state index in [1.807, 2.05) is 37.3 Å². The minimum atomic E-state index is -0.423. The molecule has 3 N–H and O–H groups in total. The molecule has 27 heavy (non-hydrogen) atoms. The molecule has 1 heterocycles. The number of benzene rings is 2. The van der Waals surface area contributed by atoms with E-state index in [-0.39, 0.29) is 5.75 Å². The smallest absolute Gasteiger partial charge is 0.341 e. The molecule has 3 rings (SSSR count). The molecule has 7 heteroatoms. The zero-order valence-electron chi connectivity index (χ0n) is 14.8. The first-order chi connectivity index (χ1) is 13.0. The van der Waals surface area contributed by atoms with Crippen molar-refractivity contribution < 1.29 is 14.6 Å². The minimum Gasteiger partial charge on any atom is -0.508 e. The van der Waals surface area contributed by atoms with E-state index >= 15 is 0 Å². The van der Waals surface area contributed by atoms with Crippen LogP contribution in [0.25, 0.3) is 11.1 Å². The molecule has 0 aliphatic heterocycles. The third-order valence-corrected chi connectivity index (χ3v) is 5.11. The van der Waals surface area contributed by atoms with E-state index in [4.69, 9.17) is 17.0 Å². The summed E-state index contributed by atoms with van der Waals surface area (Å²) in [6.45, 7) is 1.96. The second kappa shape index (κ2) is 8.20. The first-order valence-corrected chi connectivity index (χ1v) is 9.36. The molecular formula is C20H18N2O3S2. The number of methoxy groups -OCH3 is 1. The van der Waals surface area contributed by atoms with Crippen molar-refractivity contribution in [2.75, 3.05) is 17.7 Å². The number of aryl methyl sites for hydroxylation is 1. The summed E-state index contributed by atoms with van der Waals surface area (Å²) < 4.78 is 5.00. The van der Waals surface area contributed by atoms with E-state index in [1.165, 1.54) is 18.4 Å². The van der Waals surface area contributed by atoms with Gasteiger partial charge in [0, 0.05) is 16.1 Å². The Morgan fingerprint density at radius 1 is 1.07 bits per heavy atom.